The number of nitriles is 1. The predicted octanol–water partition coefficient (Wildman–Crippen LogP) is 3.99. The Morgan fingerprint density at radius 3 is 2.82 bits per heavy atom. The summed E-state index contributed by atoms with van der Waals surface area (Å²) in [6.07, 6.45) is 6.95. The minimum Gasteiger partial charge on any atom is -0.339 e. The normalized spacial score (nSPS) is 9.95. The van der Waals surface area contributed by atoms with Gasteiger partial charge in [0.05, 0.1) is 17.3 Å². The molecule has 0 unspecified atom stereocenters. The van der Waals surface area contributed by atoms with E-state index in [1.165, 1.54) is 0 Å². The van der Waals surface area contributed by atoms with E-state index in [4.69, 9.17) is 6.42 Å². The molecule has 0 bridgehead atoms. The van der Waals surface area contributed by atoms with E-state index in [1.54, 1.807) is 18.3 Å². The van der Waals surface area contributed by atoms with E-state index in [2.05, 4.69) is 43.2 Å². The average Bonchev–Trinajstić information content (AvgIpc) is 2.53. The van der Waals surface area contributed by atoms with Crippen molar-refractivity contribution >= 4 is 38.3 Å². The van der Waals surface area contributed by atoms with Gasteiger partial charge in [0.2, 0.25) is 0 Å². The maximum atomic E-state index is 9.34. The molecule has 0 aliphatic carbocycles. The molecule has 0 spiro atoms. The van der Waals surface area contributed by atoms with Crippen molar-refractivity contribution in [2.75, 3.05) is 5.32 Å². The van der Waals surface area contributed by atoms with Crippen molar-refractivity contribution in [2.45, 2.75) is 0 Å². The second kappa shape index (κ2) is 5.85. The third-order valence-corrected chi connectivity index (χ3v) is 3.55. The number of terminal acetylenes is 1. The van der Waals surface area contributed by atoms with Gasteiger partial charge in [-0.05, 0) is 30.3 Å². The number of pyridine rings is 2. The lowest BCUT2D eigenvalue weighted by atomic mass is 10.1. The van der Waals surface area contributed by atoms with E-state index < -0.39 is 0 Å². The van der Waals surface area contributed by atoms with Gasteiger partial charge in [0, 0.05) is 15.5 Å². The van der Waals surface area contributed by atoms with Crippen LogP contribution in [-0.2, 0) is 0 Å². The zero-order valence-corrected chi connectivity index (χ0v) is 12.9. The quantitative estimate of drug-likeness (QED) is 0.711. The van der Waals surface area contributed by atoms with Crippen molar-refractivity contribution in [1.82, 2.24) is 9.97 Å². The Morgan fingerprint density at radius 1 is 1.23 bits per heavy atom. The van der Waals surface area contributed by atoms with Crippen LogP contribution in [0, 0.1) is 23.7 Å². The van der Waals surface area contributed by atoms with Crippen LogP contribution in [0.15, 0.2) is 47.1 Å². The topological polar surface area (TPSA) is 61.6 Å². The van der Waals surface area contributed by atoms with Gasteiger partial charge >= 0.3 is 0 Å². The van der Waals surface area contributed by atoms with Crippen LogP contribution in [-0.4, -0.2) is 9.97 Å². The SMILES string of the molecule is C#Cc1cc2cc(C#N)c(Nc3cccc(Br)c3)nc2cn1. The largest absolute Gasteiger partial charge is 0.339 e. The molecule has 0 saturated heterocycles. The number of hydrogen-bond donors (Lipinski definition) is 1. The lowest BCUT2D eigenvalue weighted by Gasteiger charge is -2.09. The van der Waals surface area contributed by atoms with Crippen LogP contribution >= 0.6 is 15.9 Å². The summed E-state index contributed by atoms with van der Waals surface area (Å²) < 4.78 is 0.942. The summed E-state index contributed by atoms with van der Waals surface area (Å²) in [6.45, 7) is 0. The molecule has 2 aromatic heterocycles. The first-order valence-electron chi connectivity index (χ1n) is 6.40. The standard InChI is InChI=1S/C17H9BrN4/c1-2-14-7-11-6-12(9-19)17(22-16(11)10-20-14)21-15-5-3-4-13(18)8-15/h1,3-8,10H,(H,21,22). The molecule has 5 heteroatoms. The fourth-order valence-corrected chi connectivity index (χ4v) is 2.44. The highest BCUT2D eigenvalue weighted by molar-refractivity contribution is 9.10. The molecule has 3 aromatic rings. The first-order valence-corrected chi connectivity index (χ1v) is 7.19. The first kappa shape index (κ1) is 14.1. The fourth-order valence-electron chi connectivity index (χ4n) is 2.04. The van der Waals surface area contributed by atoms with Crippen LogP contribution in [0.4, 0.5) is 11.5 Å². The second-order valence-corrected chi connectivity index (χ2v) is 5.45. The fraction of sp³-hybridized carbons (Fsp3) is 0. The number of fused-ring (bicyclic) bond motifs is 1. The minimum absolute atomic E-state index is 0.446. The molecule has 0 atom stereocenters. The van der Waals surface area contributed by atoms with Gasteiger partial charge in [-0.1, -0.05) is 27.9 Å². The van der Waals surface area contributed by atoms with Gasteiger partial charge in [0.25, 0.3) is 0 Å². The number of rotatable bonds is 2. The zero-order valence-electron chi connectivity index (χ0n) is 11.3. The molecule has 0 radical (unpaired) electrons. The molecular weight excluding hydrogens is 340 g/mol. The summed E-state index contributed by atoms with van der Waals surface area (Å²) in [7, 11) is 0. The third-order valence-electron chi connectivity index (χ3n) is 3.06. The number of hydrogen-bond acceptors (Lipinski definition) is 4. The minimum atomic E-state index is 0.446. The van der Waals surface area contributed by atoms with Gasteiger partial charge in [-0.3, -0.25) is 0 Å². The molecule has 104 valence electrons. The lowest BCUT2D eigenvalue weighted by molar-refractivity contribution is 1.27. The number of benzene rings is 1. The molecule has 3 rings (SSSR count). The number of anilines is 2. The highest BCUT2D eigenvalue weighted by atomic mass is 79.9. The molecular formula is C17H9BrN4. The molecule has 22 heavy (non-hydrogen) atoms. The molecule has 4 nitrogen and oxygen atoms in total. The number of nitrogens with zero attached hydrogens (tertiary/aromatic N) is 3. The van der Waals surface area contributed by atoms with E-state index in [-0.39, 0.29) is 0 Å². The van der Waals surface area contributed by atoms with E-state index in [9.17, 15) is 5.26 Å². The van der Waals surface area contributed by atoms with Crippen molar-refractivity contribution < 1.29 is 0 Å². The van der Waals surface area contributed by atoms with Gasteiger partial charge in [-0.25, -0.2) is 9.97 Å². The highest BCUT2D eigenvalue weighted by Crippen LogP contribution is 2.24. The Morgan fingerprint density at radius 2 is 2.09 bits per heavy atom. The first-order chi connectivity index (χ1) is 10.7. The molecule has 1 N–H and O–H groups in total. The van der Waals surface area contributed by atoms with E-state index in [0.717, 1.165) is 15.5 Å². The summed E-state index contributed by atoms with van der Waals surface area (Å²) >= 11 is 3.41. The Hall–Kier alpha value is -2.89. The summed E-state index contributed by atoms with van der Waals surface area (Å²) in [5.41, 5.74) is 2.48. The van der Waals surface area contributed by atoms with Crippen LogP contribution < -0.4 is 5.32 Å². The summed E-state index contributed by atoms with van der Waals surface area (Å²) in [6, 6.07) is 13.3. The lowest BCUT2D eigenvalue weighted by Crippen LogP contribution is -1.98. The molecule has 0 amide bonds. The average molecular weight is 349 g/mol. The Balaban J connectivity index is 2.09. The van der Waals surface area contributed by atoms with Crippen molar-refractivity contribution in [3.8, 4) is 18.4 Å². The van der Waals surface area contributed by atoms with Crippen molar-refractivity contribution in [1.29, 1.82) is 5.26 Å². The third kappa shape index (κ3) is 2.76. The smallest absolute Gasteiger partial charge is 0.149 e. The number of aromatic nitrogens is 2. The van der Waals surface area contributed by atoms with Gasteiger partial charge in [0.15, 0.2) is 0 Å². The Bertz CT molecular complexity index is 951. The van der Waals surface area contributed by atoms with Gasteiger partial charge < -0.3 is 5.32 Å². The van der Waals surface area contributed by atoms with Crippen molar-refractivity contribution in [3.63, 3.8) is 0 Å². The maximum absolute atomic E-state index is 9.34. The van der Waals surface area contributed by atoms with E-state index in [0.29, 0.717) is 22.6 Å². The van der Waals surface area contributed by atoms with E-state index in [1.807, 2.05) is 24.3 Å². The summed E-state index contributed by atoms with van der Waals surface area (Å²) in [5, 5.41) is 13.3. The number of halogens is 1. The molecule has 0 aliphatic rings. The van der Waals surface area contributed by atoms with Crippen LogP contribution in [0.3, 0.4) is 0 Å². The van der Waals surface area contributed by atoms with Crippen molar-refractivity contribution in [3.05, 3.63) is 58.3 Å². The van der Waals surface area contributed by atoms with Crippen molar-refractivity contribution in [2.24, 2.45) is 0 Å². The maximum Gasteiger partial charge on any atom is 0.149 e. The second-order valence-electron chi connectivity index (χ2n) is 4.54. The molecule has 1 aromatic carbocycles. The highest BCUT2D eigenvalue weighted by Gasteiger charge is 2.08. The molecule has 2 heterocycles. The van der Waals surface area contributed by atoms with Crippen LogP contribution in [0.1, 0.15) is 11.3 Å². The summed E-state index contributed by atoms with van der Waals surface area (Å²) in [5.74, 6) is 2.96. The molecule has 0 fully saturated rings. The number of nitrogens with one attached hydrogen (secondary N) is 1. The van der Waals surface area contributed by atoms with Gasteiger partial charge in [0.1, 0.15) is 17.6 Å². The monoisotopic (exact) mass is 348 g/mol. The van der Waals surface area contributed by atoms with Crippen LogP contribution in [0.5, 0.6) is 0 Å². The Kier molecular flexibility index (Phi) is 3.74. The molecule has 0 aliphatic heterocycles. The predicted molar refractivity (Wildman–Crippen MR) is 89.6 cm³/mol. The van der Waals surface area contributed by atoms with Gasteiger partial charge in [-0.15, -0.1) is 6.42 Å². The zero-order chi connectivity index (χ0) is 15.5. The Labute approximate surface area is 136 Å². The van der Waals surface area contributed by atoms with Crippen LogP contribution in [0.25, 0.3) is 10.9 Å². The van der Waals surface area contributed by atoms with Crippen LogP contribution in [0.2, 0.25) is 0 Å². The summed E-state index contributed by atoms with van der Waals surface area (Å²) in [4.78, 5) is 8.59. The van der Waals surface area contributed by atoms with E-state index >= 15 is 0 Å². The molecule has 0 saturated carbocycles. The van der Waals surface area contributed by atoms with Gasteiger partial charge in [-0.2, -0.15) is 5.26 Å².